The molecule has 0 bridgehead atoms. The number of anilines is 1. The van der Waals surface area contributed by atoms with Crippen molar-refractivity contribution >= 4 is 38.6 Å². The van der Waals surface area contributed by atoms with Crippen LogP contribution in [0.5, 0.6) is 11.5 Å². The first-order valence-electron chi connectivity index (χ1n) is 12.1. The smallest absolute Gasteiger partial charge is 0.303 e. The molecule has 3 aromatic rings. The molecule has 2 aromatic carbocycles. The first-order valence-corrected chi connectivity index (χ1v) is 12.9. The predicted octanol–water partition coefficient (Wildman–Crippen LogP) is 7.08. The van der Waals surface area contributed by atoms with Crippen molar-refractivity contribution in [3.8, 4) is 11.5 Å². The molecule has 0 aliphatic carbocycles. The zero-order chi connectivity index (χ0) is 25.2. The van der Waals surface area contributed by atoms with Gasteiger partial charge in [0, 0.05) is 22.3 Å². The van der Waals surface area contributed by atoms with E-state index in [4.69, 9.17) is 14.6 Å². The molecule has 0 aliphatic rings. The molecule has 1 aromatic heterocycles. The van der Waals surface area contributed by atoms with Crippen molar-refractivity contribution in [1.29, 1.82) is 0 Å². The molecule has 1 atom stereocenters. The van der Waals surface area contributed by atoms with Crippen LogP contribution in [0.4, 0.5) is 5.82 Å². The summed E-state index contributed by atoms with van der Waals surface area (Å²) in [5.74, 6) is 2.04. The zero-order valence-corrected chi connectivity index (χ0v) is 22.2. The number of fused-ring (bicyclic) bond motifs is 1. The highest BCUT2D eigenvalue weighted by Crippen LogP contribution is 2.35. The van der Waals surface area contributed by atoms with Gasteiger partial charge < -0.3 is 19.9 Å². The minimum Gasteiger partial charge on any atom is -0.493 e. The maximum atomic E-state index is 10.6. The van der Waals surface area contributed by atoms with Crippen LogP contribution in [-0.4, -0.2) is 34.8 Å². The Morgan fingerprint density at radius 3 is 2.51 bits per heavy atom. The van der Waals surface area contributed by atoms with Crippen LogP contribution in [0.3, 0.4) is 0 Å². The van der Waals surface area contributed by atoms with E-state index in [9.17, 15) is 4.79 Å². The Morgan fingerprint density at radius 1 is 1.06 bits per heavy atom. The van der Waals surface area contributed by atoms with E-state index >= 15 is 0 Å². The van der Waals surface area contributed by atoms with E-state index in [1.165, 1.54) is 0 Å². The number of ether oxygens (including phenoxy) is 2. The van der Waals surface area contributed by atoms with Gasteiger partial charge in [-0.3, -0.25) is 4.79 Å². The van der Waals surface area contributed by atoms with E-state index in [1.54, 1.807) is 7.11 Å². The number of hydrogen-bond donors (Lipinski definition) is 2. The van der Waals surface area contributed by atoms with E-state index in [0.717, 1.165) is 65.3 Å². The molecule has 0 radical (unpaired) electrons. The normalized spacial score (nSPS) is 11.9. The fourth-order valence-corrected chi connectivity index (χ4v) is 4.38. The van der Waals surface area contributed by atoms with Crippen LogP contribution in [0, 0.1) is 6.92 Å². The van der Waals surface area contributed by atoms with E-state index < -0.39 is 5.97 Å². The number of carboxylic acid groups (broad SMARTS) is 1. The lowest BCUT2D eigenvalue weighted by atomic mass is 10.1. The summed E-state index contributed by atoms with van der Waals surface area (Å²) < 4.78 is 12.7. The van der Waals surface area contributed by atoms with Crippen LogP contribution in [0.1, 0.15) is 69.3 Å². The molecule has 8 heteroatoms. The predicted molar refractivity (Wildman–Crippen MR) is 142 cm³/mol. The van der Waals surface area contributed by atoms with Crippen LogP contribution >= 0.6 is 15.9 Å². The summed E-state index contributed by atoms with van der Waals surface area (Å²) in [6.45, 7) is 4.58. The van der Waals surface area contributed by atoms with Gasteiger partial charge in [-0.25, -0.2) is 9.97 Å². The molecule has 2 N–H and O–H groups in total. The van der Waals surface area contributed by atoms with Crippen LogP contribution in [0.25, 0.3) is 10.9 Å². The van der Waals surface area contributed by atoms with Gasteiger partial charge in [0.1, 0.15) is 11.6 Å². The second kappa shape index (κ2) is 13.3. The highest BCUT2D eigenvalue weighted by Gasteiger charge is 2.15. The number of carboxylic acids is 1. The number of aryl methyl sites for hydroxylation is 1. The van der Waals surface area contributed by atoms with E-state index in [0.29, 0.717) is 23.9 Å². The fourth-order valence-electron chi connectivity index (χ4n) is 3.97. The van der Waals surface area contributed by atoms with Gasteiger partial charge in [0.2, 0.25) is 0 Å². The third-order valence-corrected chi connectivity index (χ3v) is 6.33. The lowest BCUT2D eigenvalue weighted by Crippen LogP contribution is -2.10. The van der Waals surface area contributed by atoms with Gasteiger partial charge in [-0.1, -0.05) is 53.7 Å². The Labute approximate surface area is 215 Å². The maximum Gasteiger partial charge on any atom is 0.303 e. The van der Waals surface area contributed by atoms with Crippen molar-refractivity contribution in [2.45, 2.75) is 64.8 Å². The Kier molecular flexibility index (Phi) is 10.1. The summed E-state index contributed by atoms with van der Waals surface area (Å²) in [5.41, 5.74) is 1.95. The van der Waals surface area contributed by atoms with Crippen molar-refractivity contribution in [3.63, 3.8) is 0 Å². The lowest BCUT2D eigenvalue weighted by Gasteiger charge is -2.18. The number of methoxy groups -OCH3 is 1. The summed E-state index contributed by atoms with van der Waals surface area (Å²) in [6.07, 6.45) is 6.08. The molecule has 0 saturated carbocycles. The molecular formula is C27H34BrN3O4. The van der Waals surface area contributed by atoms with Gasteiger partial charge in [0.05, 0.1) is 25.3 Å². The SMILES string of the molecule is COc1cc2c(NC(C)c3cccc(Br)c3)nc(C)nc2cc1OCCCCCCCCC(=O)O. The summed E-state index contributed by atoms with van der Waals surface area (Å²) in [4.78, 5) is 19.8. The molecule has 3 rings (SSSR count). The molecule has 1 heterocycles. The van der Waals surface area contributed by atoms with Crippen LogP contribution in [0.2, 0.25) is 0 Å². The minimum absolute atomic E-state index is 0.0519. The van der Waals surface area contributed by atoms with E-state index in [-0.39, 0.29) is 12.5 Å². The van der Waals surface area contributed by atoms with Crippen molar-refractivity contribution in [2.24, 2.45) is 0 Å². The number of benzene rings is 2. The van der Waals surface area contributed by atoms with Crippen LogP contribution in [0.15, 0.2) is 40.9 Å². The second-order valence-electron chi connectivity index (χ2n) is 8.67. The number of nitrogens with one attached hydrogen (secondary N) is 1. The largest absolute Gasteiger partial charge is 0.493 e. The molecule has 188 valence electrons. The molecule has 0 saturated heterocycles. The molecular weight excluding hydrogens is 510 g/mol. The van der Waals surface area contributed by atoms with Crippen molar-refractivity contribution < 1.29 is 19.4 Å². The quantitative estimate of drug-likeness (QED) is 0.210. The summed E-state index contributed by atoms with van der Waals surface area (Å²) in [7, 11) is 1.64. The number of carbonyl (C=O) groups is 1. The number of rotatable bonds is 14. The first-order chi connectivity index (χ1) is 16.9. The Bertz CT molecular complexity index is 1140. The number of aliphatic carboxylic acids is 1. The monoisotopic (exact) mass is 543 g/mol. The van der Waals surface area contributed by atoms with Crippen molar-refractivity contribution in [1.82, 2.24) is 9.97 Å². The summed E-state index contributed by atoms with van der Waals surface area (Å²) >= 11 is 3.54. The van der Waals surface area contributed by atoms with Crippen LogP contribution < -0.4 is 14.8 Å². The molecule has 0 fully saturated rings. The molecule has 7 nitrogen and oxygen atoms in total. The summed E-state index contributed by atoms with van der Waals surface area (Å²) in [5, 5.41) is 13.1. The first kappa shape index (κ1) is 26.7. The van der Waals surface area contributed by atoms with Gasteiger partial charge >= 0.3 is 5.97 Å². The Balaban J connectivity index is 1.64. The maximum absolute atomic E-state index is 10.6. The van der Waals surface area contributed by atoms with Crippen LogP contribution in [-0.2, 0) is 4.79 Å². The van der Waals surface area contributed by atoms with Crippen molar-refractivity contribution in [3.05, 3.63) is 52.3 Å². The Morgan fingerprint density at radius 2 is 1.80 bits per heavy atom. The van der Waals surface area contributed by atoms with E-state index in [1.807, 2.05) is 31.2 Å². The fraction of sp³-hybridized carbons (Fsp3) is 0.444. The molecule has 35 heavy (non-hydrogen) atoms. The highest BCUT2D eigenvalue weighted by atomic mass is 79.9. The highest BCUT2D eigenvalue weighted by molar-refractivity contribution is 9.10. The zero-order valence-electron chi connectivity index (χ0n) is 20.6. The summed E-state index contributed by atoms with van der Waals surface area (Å²) in [6, 6.07) is 12.1. The third kappa shape index (κ3) is 8.09. The van der Waals surface area contributed by atoms with Gasteiger partial charge in [0.25, 0.3) is 0 Å². The number of unbranched alkanes of at least 4 members (excludes halogenated alkanes) is 5. The number of hydrogen-bond acceptors (Lipinski definition) is 6. The average molecular weight is 544 g/mol. The number of aromatic nitrogens is 2. The van der Waals surface area contributed by atoms with Crippen molar-refractivity contribution in [2.75, 3.05) is 19.0 Å². The van der Waals surface area contributed by atoms with Gasteiger partial charge in [0.15, 0.2) is 11.5 Å². The van der Waals surface area contributed by atoms with E-state index in [2.05, 4.69) is 50.3 Å². The molecule has 0 amide bonds. The minimum atomic E-state index is -0.718. The van der Waals surface area contributed by atoms with Gasteiger partial charge in [-0.05, 0) is 50.5 Å². The standard InChI is InChI=1S/C27H34BrN3O4/c1-18(20-11-10-12-21(28)15-20)29-27-22-16-24(34-3)25(17-23(22)30-19(2)31-27)35-14-9-7-5-4-6-8-13-26(32)33/h10-12,15-18H,4-9,13-14H2,1-3H3,(H,32,33)(H,29,30,31). The van der Waals surface area contributed by atoms with Gasteiger partial charge in [-0.15, -0.1) is 0 Å². The molecule has 0 aliphatic heterocycles. The number of nitrogens with zero attached hydrogens (tertiary/aromatic N) is 2. The van der Waals surface area contributed by atoms with Gasteiger partial charge in [-0.2, -0.15) is 0 Å². The third-order valence-electron chi connectivity index (χ3n) is 5.84. The molecule has 1 unspecified atom stereocenters. The second-order valence-corrected chi connectivity index (χ2v) is 9.59. The topological polar surface area (TPSA) is 93.6 Å². The lowest BCUT2D eigenvalue weighted by molar-refractivity contribution is -0.137. The average Bonchev–Trinajstić information content (AvgIpc) is 2.82. The number of halogens is 1. The molecule has 0 spiro atoms. The Hall–Kier alpha value is -2.87.